The van der Waals surface area contributed by atoms with Crippen LogP contribution in [0.3, 0.4) is 0 Å². The molecule has 0 saturated heterocycles. The second-order valence-electron chi connectivity index (χ2n) is 9.16. The van der Waals surface area contributed by atoms with Gasteiger partial charge in [-0.3, -0.25) is 14.9 Å². The Hall–Kier alpha value is -4.91. The highest BCUT2D eigenvalue weighted by Crippen LogP contribution is 2.30. The van der Waals surface area contributed by atoms with Gasteiger partial charge in [-0.05, 0) is 53.9 Å². The van der Waals surface area contributed by atoms with Crippen LogP contribution in [0, 0.1) is 10.1 Å². The van der Waals surface area contributed by atoms with Crippen molar-refractivity contribution >= 4 is 22.5 Å². The number of nitro groups is 1. The Labute approximate surface area is 220 Å². The molecule has 4 aromatic carbocycles. The van der Waals surface area contributed by atoms with E-state index < -0.39 is 4.92 Å². The van der Waals surface area contributed by atoms with E-state index in [4.69, 9.17) is 4.74 Å². The fraction of sp³-hybridized carbons (Fsp3) is 0.129. The van der Waals surface area contributed by atoms with E-state index in [9.17, 15) is 14.9 Å². The second kappa shape index (κ2) is 10.6. The van der Waals surface area contributed by atoms with Crippen LogP contribution in [0.2, 0.25) is 0 Å². The Kier molecular flexibility index (Phi) is 6.91. The molecule has 0 fully saturated rings. The molecule has 5 rings (SSSR count). The zero-order valence-corrected chi connectivity index (χ0v) is 21.1. The highest BCUT2D eigenvalue weighted by Gasteiger charge is 2.14. The monoisotopic (exact) mass is 505 g/mol. The molecule has 0 aliphatic carbocycles. The van der Waals surface area contributed by atoms with Gasteiger partial charge in [0.1, 0.15) is 5.75 Å². The summed E-state index contributed by atoms with van der Waals surface area (Å²) in [5.74, 6) is 0.649. The minimum Gasteiger partial charge on any atom is -0.496 e. The van der Waals surface area contributed by atoms with Gasteiger partial charge in [-0.15, -0.1) is 0 Å². The van der Waals surface area contributed by atoms with Crippen molar-refractivity contribution in [2.75, 3.05) is 7.11 Å². The predicted molar refractivity (Wildman–Crippen MR) is 148 cm³/mol. The third-order valence-electron chi connectivity index (χ3n) is 6.71. The molecule has 0 bridgehead atoms. The number of fused-ring (bicyclic) bond motifs is 1. The predicted octanol–water partition coefficient (Wildman–Crippen LogP) is 6.76. The van der Waals surface area contributed by atoms with Crippen molar-refractivity contribution in [3.8, 4) is 16.9 Å². The van der Waals surface area contributed by atoms with Crippen LogP contribution in [-0.4, -0.2) is 22.5 Å². The molecule has 0 spiro atoms. The van der Waals surface area contributed by atoms with E-state index in [-0.39, 0.29) is 17.6 Å². The normalized spacial score (nSPS) is 11.7. The summed E-state index contributed by atoms with van der Waals surface area (Å²) in [5, 5.41) is 14.8. The topological polar surface area (TPSA) is 86.4 Å². The Morgan fingerprint density at radius 2 is 1.71 bits per heavy atom. The number of ether oxygens (including phenoxy) is 1. The molecule has 7 heteroatoms. The lowest BCUT2D eigenvalue weighted by Crippen LogP contribution is -2.26. The van der Waals surface area contributed by atoms with Crippen LogP contribution in [0.5, 0.6) is 5.75 Å². The molecule has 1 atom stereocenters. The smallest absolute Gasteiger partial charge is 0.269 e. The summed E-state index contributed by atoms with van der Waals surface area (Å²) in [7, 11) is 1.68. The SMILES string of the molecule is COc1ccccc1-c1ccc(Cn2ccc3cc(C(=O)NC(C)c4ccc([N+](=O)[O-])cc4)ccc32)cc1. The third-order valence-corrected chi connectivity index (χ3v) is 6.71. The largest absolute Gasteiger partial charge is 0.496 e. The molecule has 1 N–H and O–H groups in total. The highest BCUT2D eigenvalue weighted by molar-refractivity contribution is 5.98. The number of carbonyl (C=O) groups excluding carboxylic acids is 1. The Morgan fingerprint density at radius 3 is 2.42 bits per heavy atom. The molecule has 190 valence electrons. The quantitative estimate of drug-likeness (QED) is 0.186. The molecule has 7 nitrogen and oxygen atoms in total. The first-order chi connectivity index (χ1) is 18.4. The van der Waals surface area contributed by atoms with Crippen LogP contribution in [-0.2, 0) is 6.54 Å². The Bertz CT molecular complexity index is 1610. The molecule has 0 aliphatic heterocycles. The Morgan fingerprint density at radius 1 is 0.974 bits per heavy atom. The zero-order chi connectivity index (χ0) is 26.6. The summed E-state index contributed by atoms with van der Waals surface area (Å²) in [6.45, 7) is 2.56. The van der Waals surface area contributed by atoms with Gasteiger partial charge in [0.15, 0.2) is 0 Å². The van der Waals surface area contributed by atoms with Crippen LogP contribution in [0.1, 0.15) is 34.5 Å². The maximum Gasteiger partial charge on any atom is 0.269 e. The molecule has 1 aromatic heterocycles. The number of hydrogen-bond donors (Lipinski definition) is 1. The minimum absolute atomic E-state index is 0.0228. The van der Waals surface area contributed by atoms with Crippen molar-refractivity contribution in [1.29, 1.82) is 0 Å². The molecule has 1 heterocycles. The molecule has 5 aromatic rings. The Balaban J connectivity index is 1.28. The fourth-order valence-electron chi connectivity index (χ4n) is 4.60. The summed E-state index contributed by atoms with van der Waals surface area (Å²) >= 11 is 0. The fourth-order valence-corrected chi connectivity index (χ4v) is 4.60. The lowest BCUT2D eigenvalue weighted by atomic mass is 10.0. The van der Waals surface area contributed by atoms with E-state index in [0.29, 0.717) is 12.1 Å². The first-order valence-corrected chi connectivity index (χ1v) is 12.3. The summed E-state index contributed by atoms with van der Waals surface area (Å²) in [6, 6.07) is 30.0. The number of non-ortho nitro benzene ring substituents is 1. The molecule has 0 saturated carbocycles. The van der Waals surface area contributed by atoms with Crippen LogP contribution in [0.25, 0.3) is 22.0 Å². The number of amides is 1. The maximum absolute atomic E-state index is 12.9. The summed E-state index contributed by atoms with van der Waals surface area (Å²) in [6.07, 6.45) is 2.03. The van der Waals surface area contributed by atoms with Gasteiger partial charge in [-0.1, -0.05) is 54.6 Å². The molecule has 38 heavy (non-hydrogen) atoms. The van der Waals surface area contributed by atoms with Gasteiger partial charge in [-0.2, -0.15) is 0 Å². The second-order valence-corrected chi connectivity index (χ2v) is 9.16. The number of hydrogen-bond acceptors (Lipinski definition) is 4. The van der Waals surface area contributed by atoms with Gasteiger partial charge in [0.25, 0.3) is 11.6 Å². The molecule has 1 unspecified atom stereocenters. The van der Waals surface area contributed by atoms with Gasteiger partial charge in [-0.25, -0.2) is 0 Å². The average Bonchev–Trinajstić information content (AvgIpc) is 3.35. The summed E-state index contributed by atoms with van der Waals surface area (Å²) in [5.41, 5.74) is 5.75. The summed E-state index contributed by atoms with van der Waals surface area (Å²) < 4.78 is 7.65. The van der Waals surface area contributed by atoms with Crippen LogP contribution < -0.4 is 10.1 Å². The van der Waals surface area contributed by atoms with E-state index in [1.807, 2.05) is 61.7 Å². The number of rotatable bonds is 8. The lowest BCUT2D eigenvalue weighted by Gasteiger charge is -2.14. The standard InChI is InChI=1S/C31H27N3O4/c1-21(23-11-14-27(15-12-23)34(36)37)32-31(35)26-13-16-29-25(19-26)17-18-33(29)20-22-7-9-24(10-8-22)28-5-3-4-6-30(28)38-2/h3-19,21H,20H2,1-2H3,(H,32,35). The highest BCUT2D eigenvalue weighted by atomic mass is 16.6. The van der Waals surface area contributed by atoms with Crippen molar-refractivity contribution in [2.24, 2.45) is 0 Å². The van der Waals surface area contributed by atoms with E-state index in [2.05, 4.69) is 34.1 Å². The van der Waals surface area contributed by atoms with Gasteiger partial charge < -0.3 is 14.6 Å². The van der Waals surface area contributed by atoms with Crippen molar-refractivity contribution in [3.05, 3.63) is 130 Å². The average molecular weight is 506 g/mol. The molecular weight excluding hydrogens is 478 g/mol. The van der Waals surface area contributed by atoms with Crippen molar-refractivity contribution in [1.82, 2.24) is 9.88 Å². The molecule has 1 amide bonds. The van der Waals surface area contributed by atoms with Gasteiger partial charge >= 0.3 is 0 Å². The van der Waals surface area contributed by atoms with E-state index in [1.165, 1.54) is 17.7 Å². The number of aromatic nitrogens is 1. The van der Waals surface area contributed by atoms with Crippen LogP contribution >= 0.6 is 0 Å². The number of carbonyl (C=O) groups is 1. The number of nitro benzene ring substituents is 1. The molecule has 0 aliphatic rings. The van der Waals surface area contributed by atoms with Crippen LogP contribution in [0.4, 0.5) is 5.69 Å². The number of benzene rings is 4. The first kappa shape index (κ1) is 24.8. The van der Waals surface area contributed by atoms with Crippen LogP contribution in [0.15, 0.2) is 103 Å². The third kappa shape index (κ3) is 5.13. The number of methoxy groups -OCH3 is 1. The molecular formula is C31H27N3O4. The zero-order valence-electron chi connectivity index (χ0n) is 21.1. The molecule has 0 radical (unpaired) electrons. The van der Waals surface area contributed by atoms with Gasteiger partial charge in [0.05, 0.1) is 18.1 Å². The number of para-hydroxylation sites is 1. The van der Waals surface area contributed by atoms with Gasteiger partial charge in [0.2, 0.25) is 0 Å². The maximum atomic E-state index is 12.9. The number of nitrogens with zero attached hydrogens (tertiary/aromatic N) is 2. The van der Waals surface area contributed by atoms with Crippen molar-refractivity contribution < 1.29 is 14.5 Å². The minimum atomic E-state index is -0.439. The van der Waals surface area contributed by atoms with Gasteiger partial charge in [0, 0.05) is 46.9 Å². The lowest BCUT2D eigenvalue weighted by molar-refractivity contribution is -0.384. The van der Waals surface area contributed by atoms with E-state index in [0.717, 1.165) is 33.3 Å². The van der Waals surface area contributed by atoms with E-state index in [1.54, 1.807) is 19.2 Å². The van der Waals surface area contributed by atoms with E-state index >= 15 is 0 Å². The summed E-state index contributed by atoms with van der Waals surface area (Å²) in [4.78, 5) is 23.3. The first-order valence-electron chi connectivity index (χ1n) is 12.3. The van der Waals surface area contributed by atoms with Crippen molar-refractivity contribution in [2.45, 2.75) is 19.5 Å². The van der Waals surface area contributed by atoms with Crippen molar-refractivity contribution in [3.63, 3.8) is 0 Å². The number of nitrogens with one attached hydrogen (secondary N) is 1.